The van der Waals surface area contributed by atoms with Crippen LogP contribution in [0.3, 0.4) is 0 Å². The molecule has 2 atom stereocenters. The molecule has 1 saturated heterocycles. The molecular weight excluding hydrogens is 536 g/mol. The number of piperidine rings is 1. The van der Waals surface area contributed by atoms with Crippen LogP contribution >= 0.6 is 0 Å². The molecule has 218 valence electrons. The molecule has 7 N–H and O–H groups in total. The average molecular weight is 575 g/mol. The summed E-state index contributed by atoms with van der Waals surface area (Å²) in [7, 11) is -4.28. The van der Waals surface area contributed by atoms with Crippen molar-refractivity contribution in [1.29, 1.82) is 5.41 Å². The largest absolute Gasteiger partial charge is 0.480 e. The van der Waals surface area contributed by atoms with E-state index in [1.807, 2.05) is 19.1 Å². The minimum absolute atomic E-state index is 0.00284. The highest BCUT2D eigenvalue weighted by atomic mass is 32.2. The molecule has 0 bridgehead atoms. The zero-order valence-corrected chi connectivity index (χ0v) is 23.4. The van der Waals surface area contributed by atoms with Crippen molar-refractivity contribution in [2.75, 3.05) is 26.2 Å². The summed E-state index contributed by atoms with van der Waals surface area (Å²) >= 11 is 0. The van der Waals surface area contributed by atoms with Gasteiger partial charge < -0.3 is 21.1 Å². The molecule has 12 nitrogen and oxygen atoms in total. The van der Waals surface area contributed by atoms with Gasteiger partial charge in [-0.25, -0.2) is 13.1 Å². The quantitative estimate of drug-likeness (QED) is 0.0826. The van der Waals surface area contributed by atoms with E-state index in [-0.39, 0.29) is 23.3 Å². The smallest absolute Gasteiger partial charge is 0.328 e. The number of nitrogens with one attached hydrogen (secondary N) is 4. The van der Waals surface area contributed by atoms with Gasteiger partial charge in [-0.1, -0.05) is 43.7 Å². The fourth-order valence-electron chi connectivity index (χ4n) is 4.62. The molecule has 3 rings (SSSR count). The zero-order chi connectivity index (χ0) is 29.3. The fraction of sp³-hybridized carbons (Fsp3) is 0.481. The van der Waals surface area contributed by atoms with E-state index in [9.17, 15) is 27.9 Å². The number of carboxylic acid groups (broad SMARTS) is 1. The molecule has 1 heterocycles. The summed E-state index contributed by atoms with van der Waals surface area (Å²) in [6, 6.07) is 8.39. The number of Topliss-reactive ketones (excluding diaryl/α,β-unsaturated/α-hetero) is 1. The Hall–Kier alpha value is -3.55. The maximum atomic E-state index is 13.4. The second-order valence-electron chi connectivity index (χ2n) is 9.99. The predicted octanol–water partition coefficient (Wildman–Crippen LogP) is 1.01. The SMILES string of the molecule is CCCCNC(C(=O)O)C(=O)C(CC(=O)NCC1CCN(C(=N)N)CC1)NS(=O)(=O)c1ccc2ccccc2c1. The van der Waals surface area contributed by atoms with E-state index in [0.29, 0.717) is 44.3 Å². The van der Waals surface area contributed by atoms with Gasteiger partial charge in [0.2, 0.25) is 15.9 Å². The summed E-state index contributed by atoms with van der Waals surface area (Å²) < 4.78 is 28.9. The van der Waals surface area contributed by atoms with E-state index in [4.69, 9.17) is 11.1 Å². The summed E-state index contributed by atoms with van der Waals surface area (Å²) in [6.07, 6.45) is 2.24. The van der Waals surface area contributed by atoms with Crippen LogP contribution in [0, 0.1) is 11.3 Å². The fourth-order valence-corrected chi connectivity index (χ4v) is 5.86. The Morgan fingerprint density at radius 3 is 2.42 bits per heavy atom. The highest BCUT2D eigenvalue weighted by Gasteiger charge is 2.36. The standard InChI is InChI=1S/C27H38N6O6S/c1-2-3-12-30-24(26(36)37)25(35)22(16-23(34)31-17-18-10-13-33(14-11-18)27(28)29)32-40(38,39)21-9-8-19-6-4-5-7-20(19)15-21/h4-9,15,18,22,24,30,32H,2-3,10-14,16-17H2,1H3,(H3,28,29)(H,31,34)(H,36,37). The van der Waals surface area contributed by atoms with Crippen LogP contribution < -0.4 is 21.1 Å². The monoisotopic (exact) mass is 574 g/mol. The maximum Gasteiger partial charge on any atom is 0.328 e. The van der Waals surface area contributed by atoms with Gasteiger partial charge in [0.1, 0.15) is 0 Å². The Morgan fingerprint density at radius 1 is 1.12 bits per heavy atom. The summed E-state index contributed by atoms with van der Waals surface area (Å²) in [4.78, 5) is 39.8. The normalized spacial score (nSPS) is 15.9. The van der Waals surface area contributed by atoms with E-state index in [1.165, 1.54) is 12.1 Å². The number of nitrogens with two attached hydrogens (primary N) is 1. The van der Waals surface area contributed by atoms with Crippen LogP contribution in [0.4, 0.5) is 0 Å². The molecule has 1 aliphatic heterocycles. The Labute approximate surface area is 234 Å². The molecule has 2 aromatic rings. The van der Waals surface area contributed by atoms with Crippen molar-refractivity contribution in [3.8, 4) is 0 Å². The summed E-state index contributed by atoms with van der Waals surface area (Å²) in [5.74, 6) is -2.84. The van der Waals surface area contributed by atoms with Gasteiger partial charge in [-0.3, -0.25) is 25.1 Å². The molecule has 1 amide bonds. The molecule has 0 aromatic heterocycles. The van der Waals surface area contributed by atoms with E-state index < -0.39 is 46.2 Å². The molecule has 0 saturated carbocycles. The predicted molar refractivity (Wildman–Crippen MR) is 151 cm³/mol. The van der Waals surface area contributed by atoms with Gasteiger partial charge in [0, 0.05) is 19.6 Å². The van der Waals surface area contributed by atoms with Crippen LogP contribution in [-0.2, 0) is 24.4 Å². The van der Waals surface area contributed by atoms with Gasteiger partial charge in [-0.15, -0.1) is 0 Å². The number of amides is 1. The van der Waals surface area contributed by atoms with Crippen molar-refractivity contribution >= 4 is 44.4 Å². The van der Waals surface area contributed by atoms with Gasteiger partial charge in [0.15, 0.2) is 17.8 Å². The number of sulfonamides is 1. The van der Waals surface area contributed by atoms with Crippen LogP contribution in [0.2, 0.25) is 0 Å². The van der Waals surface area contributed by atoms with Gasteiger partial charge >= 0.3 is 5.97 Å². The molecule has 0 aliphatic carbocycles. The highest BCUT2D eigenvalue weighted by Crippen LogP contribution is 2.20. The van der Waals surface area contributed by atoms with Crippen molar-refractivity contribution in [3.63, 3.8) is 0 Å². The van der Waals surface area contributed by atoms with E-state index in [0.717, 1.165) is 11.8 Å². The van der Waals surface area contributed by atoms with Crippen LogP contribution in [0.1, 0.15) is 39.0 Å². The molecule has 2 aromatic carbocycles. The van der Waals surface area contributed by atoms with Crippen molar-refractivity contribution in [2.45, 2.75) is 56.0 Å². The van der Waals surface area contributed by atoms with Gasteiger partial charge in [-0.05, 0) is 54.6 Å². The van der Waals surface area contributed by atoms with Gasteiger partial charge in [0.05, 0.1) is 17.4 Å². The summed E-state index contributed by atoms with van der Waals surface area (Å²) in [5, 5.41) is 24.2. The first kappa shape index (κ1) is 31.0. The van der Waals surface area contributed by atoms with Crippen molar-refractivity contribution in [2.24, 2.45) is 11.7 Å². The van der Waals surface area contributed by atoms with Crippen LogP contribution in [0.25, 0.3) is 10.8 Å². The van der Waals surface area contributed by atoms with Crippen LogP contribution in [0.15, 0.2) is 47.4 Å². The Kier molecular flexibility index (Phi) is 11.0. The number of carbonyl (C=O) groups excluding carboxylic acids is 2. The average Bonchev–Trinajstić information content (AvgIpc) is 2.93. The number of carbonyl (C=O) groups is 3. The van der Waals surface area contributed by atoms with Crippen molar-refractivity contribution in [3.05, 3.63) is 42.5 Å². The Balaban J connectivity index is 1.76. The molecule has 40 heavy (non-hydrogen) atoms. The first-order valence-corrected chi connectivity index (χ1v) is 14.9. The summed E-state index contributed by atoms with van der Waals surface area (Å²) in [6.45, 7) is 3.64. The molecule has 2 unspecified atom stereocenters. The van der Waals surface area contributed by atoms with Gasteiger partial charge in [-0.2, -0.15) is 0 Å². The lowest BCUT2D eigenvalue weighted by atomic mass is 9.96. The van der Waals surface area contributed by atoms with E-state index >= 15 is 0 Å². The number of hydrogen-bond donors (Lipinski definition) is 6. The lowest BCUT2D eigenvalue weighted by Crippen LogP contribution is -2.54. The molecule has 13 heteroatoms. The number of hydrogen-bond acceptors (Lipinski definition) is 7. The second-order valence-corrected chi connectivity index (χ2v) is 11.7. The third kappa shape index (κ3) is 8.47. The topological polar surface area (TPSA) is 195 Å². The first-order valence-electron chi connectivity index (χ1n) is 13.4. The number of unbranched alkanes of at least 4 members (excludes halogenated alkanes) is 1. The number of carboxylic acids is 1. The number of fused-ring (bicyclic) bond motifs is 1. The number of nitrogens with zero attached hydrogens (tertiary/aromatic N) is 1. The van der Waals surface area contributed by atoms with Crippen LogP contribution in [0.5, 0.6) is 0 Å². The Morgan fingerprint density at radius 2 is 1.80 bits per heavy atom. The Bertz CT molecular complexity index is 1330. The maximum absolute atomic E-state index is 13.4. The third-order valence-electron chi connectivity index (χ3n) is 7.01. The number of likely N-dealkylation sites (tertiary alicyclic amines) is 1. The second kappa shape index (κ2) is 14.2. The number of rotatable bonds is 14. The molecular formula is C27H38N6O6S. The van der Waals surface area contributed by atoms with Crippen LogP contribution in [-0.4, -0.2) is 80.3 Å². The van der Waals surface area contributed by atoms with Gasteiger partial charge in [0.25, 0.3) is 0 Å². The van der Waals surface area contributed by atoms with E-state index in [2.05, 4.69) is 15.4 Å². The molecule has 1 fully saturated rings. The lowest BCUT2D eigenvalue weighted by Gasteiger charge is -2.32. The number of guanidine groups is 1. The minimum atomic E-state index is -4.28. The number of ketones is 1. The third-order valence-corrected chi connectivity index (χ3v) is 8.48. The highest BCUT2D eigenvalue weighted by molar-refractivity contribution is 7.89. The van der Waals surface area contributed by atoms with Crippen molar-refractivity contribution < 1.29 is 27.9 Å². The molecule has 0 spiro atoms. The minimum Gasteiger partial charge on any atom is -0.480 e. The first-order chi connectivity index (χ1) is 19.0. The number of benzene rings is 2. The molecule has 1 aliphatic rings. The summed E-state index contributed by atoms with van der Waals surface area (Å²) in [5.41, 5.74) is 5.53. The number of aliphatic carboxylic acids is 1. The lowest BCUT2D eigenvalue weighted by molar-refractivity contribution is -0.144. The zero-order valence-electron chi connectivity index (χ0n) is 22.6. The molecule has 0 radical (unpaired) electrons. The van der Waals surface area contributed by atoms with E-state index in [1.54, 1.807) is 23.1 Å². The van der Waals surface area contributed by atoms with Crippen molar-refractivity contribution in [1.82, 2.24) is 20.3 Å².